The molecule has 1 rings (SSSR count). The zero-order chi connectivity index (χ0) is 27.3. The number of alkyl halides is 14. The maximum absolute atomic E-state index is 13.3. The van der Waals surface area contributed by atoms with E-state index in [1.54, 1.807) is 22.6 Å². The molecule has 0 spiro atoms. The minimum Gasteiger partial charge on any atom is -0.461 e. The van der Waals surface area contributed by atoms with Crippen LogP contribution in [0.25, 0.3) is 0 Å². The van der Waals surface area contributed by atoms with Crippen molar-refractivity contribution in [2.75, 3.05) is 4.43 Å². The van der Waals surface area contributed by atoms with Gasteiger partial charge in [-0.25, -0.2) is 0 Å². The topological polar surface area (TPSA) is 66.8 Å². The highest BCUT2D eigenvalue weighted by Gasteiger charge is 2.78. The van der Waals surface area contributed by atoms with Gasteiger partial charge in [0.1, 0.15) is 9.53 Å². The Morgan fingerprint density at radius 3 is 1.29 bits per heavy atom. The molecule has 0 amide bonds. The van der Waals surface area contributed by atoms with E-state index in [1.807, 2.05) is 0 Å². The van der Waals surface area contributed by atoms with Crippen LogP contribution in [0.15, 0.2) is 0 Å². The molecule has 1 aliphatic rings. The van der Waals surface area contributed by atoms with Crippen molar-refractivity contribution in [2.24, 2.45) is 11.8 Å². The maximum atomic E-state index is 13.3. The van der Waals surface area contributed by atoms with Crippen molar-refractivity contribution >= 4 is 51.2 Å². The summed E-state index contributed by atoms with van der Waals surface area (Å²) in [6.07, 6.45) is -34.0. The summed E-state index contributed by atoms with van der Waals surface area (Å²) in [5.41, 5.74) is -11.5. The lowest BCUT2D eigenvalue weighted by molar-refractivity contribution is -0.405. The molecule has 0 radical (unpaired) electrons. The molecule has 0 aliphatic heterocycles. The Hall–Kier alpha value is 0.01000. The molecule has 3 atom stereocenters. The molecule has 1 fully saturated rings. The van der Waals surface area contributed by atoms with Crippen molar-refractivity contribution < 1.29 is 72.4 Å². The summed E-state index contributed by atoms with van der Waals surface area (Å²) in [7, 11) is 0. The lowest BCUT2D eigenvalue weighted by Gasteiger charge is -2.48. The Balaban J connectivity index is 3.69. The van der Waals surface area contributed by atoms with Gasteiger partial charge in [-0.1, -0.05) is 45.2 Å². The van der Waals surface area contributed by atoms with E-state index in [0.29, 0.717) is 0 Å². The molecule has 2 N–H and O–H groups in total. The Bertz CT molecular complexity index is 670. The number of ether oxygens (including phenoxy) is 1. The van der Waals surface area contributed by atoms with Gasteiger partial charge in [-0.05, 0) is 26.2 Å². The second kappa shape index (κ2) is 9.71. The van der Waals surface area contributed by atoms with Gasteiger partial charge in [0.2, 0.25) is 0 Å². The number of hydrogen-bond acceptors (Lipinski definition) is 4. The second-order valence-electron chi connectivity index (χ2n) is 7.98. The summed E-state index contributed by atoms with van der Waals surface area (Å²) < 4.78 is 163. The fourth-order valence-electron chi connectivity index (χ4n) is 3.62. The molecule has 0 saturated heterocycles. The van der Waals surface area contributed by atoms with E-state index in [4.69, 9.17) is 4.74 Å². The lowest BCUT2D eigenvalue weighted by Crippen LogP contribution is -2.67. The Morgan fingerprint density at radius 1 is 0.765 bits per heavy atom. The number of carbonyl (C=O) groups excluding carboxylic acids is 1. The van der Waals surface area contributed by atoms with Gasteiger partial charge in [0.25, 0.3) is 11.2 Å². The van der Waals surface area contributed by atoms with E-state index in [0.717, 1.165) is 0 Å². The number of aliphatic hydroxyl groups is 2. The van der Waals surface area contributed by atoms with Gasteiger partial charge in [0.05, 0.1) is 0 Å². The summed E-state index contributed by atoms with van der Waals surface area (Å²) in [6.45, 7) is 1.18. The zero-order valence-corrected chi connectivity index (χ0v) is 20.9. The lowest BCUT2D eigenvalue weighted by atomic mass is 9.65. The molecule has 0 aromatic rings. The van der Waals surface area contributed by atoms with Gasteiger partial charge in [0, 0.05) is 16.3 Å². The smallest absolute Gasteiger partial charge is 0.426 e. The number of halogens is 14. The quantitative estimate of drug-likeness (QED) is 0.165. The van der Waals surface area contributed by atoms with E-state index in [1.165, 1.54) is 29.5 Å². The van der Waals surface area contributed by atoms with Crippen LogP contribution in [0, 0.1) is 11.8 Å². The van der Waals surface area contributed by atoms with Crippen LogP contribution in [-0.4, -0.2) is 66.0 Å². The van der Waals surface area contributed by atoms with Crippen molar-refractivity contribution in [3.05, 3.63) is 0 Å². The summed E-state index contributed by atoms with van der Waals surface area (Å²) in [5, 5.41) is 19.2. The number of carbonyl (C=O) groups is 1. The third kappa shape index (κ3) is 5.77. The SMILES string of the molecule is CC(I)(CI)C(=O)OC1CC(C(O)(C(F)(F)F)C(F)(F)F)CC(C(O)(C(F)(F)F)C(F)(F)F)C1. The number of rotatable bonds is 5. The number of esters is 1. The normalized spacial score (nSPS) is 25.6. The molecule has 34 heavy (non-hydrogen) atoms. The molecule has 0 bridgehead atoms. The van der Waals surface area contributed by atoms with Crippen LogP contribution in [0.5, 0.6) is 0 Å². The van der Waals surface area contributed by atoms with Gasteiger partial charge in [-0.15, -0.1) is 0 Å². The minimum absolute atomic E-state index is 0.0617. The van der Waals surface area contributed by atoms with E-state index in [-0.39, 0.29) is 4.43 Å². The van der Waals surface area contributed by atoms with Gasteiger partial charge < -0.3 is 14.9 Å². The van der Waals surface area contributed by atoms with Crippen LogP contribution in [0.3, 0.4) is 0 Å². The molecule has 0 heterocycles. The first kappa shape index (κ1) is 32.0. The Kier molecular flexibility index (Phi) is 9.15. The Morgan fingerprint density at radius 2 is 1.06 bits per heavy atom. The predicted octanol–water partition coefficient (Wildman–Crippen LogP) is 5.65. The van der Waals surface area contributed by atoms with Crippen LogP contribution in [0.1, 0.15) is 26.2 Å². The summed E-state index contributed by atoms with van der Waals surface area (Å²) >= 11 is 3.09. The third-order valence-corrected chi connectivity index (χ3v) is 9.33. The zero-order valence-electron chi connectivity index (χ0n) is 16.6. The molecule has 3 unspecified atom stereocenters. The van der Waals surface area contributed by atoms with Crippen molar-refractivity contribution in [3.8, 4) is 0 Å². The summed E-state index contributed by atoms with van der Waals surface area (Å²) in [6, 6.07) is 0. The van der Waals surface area contributed by atoms with Crippen LogP contribution in [0.2, 0.25) is 0 Å². The predicted molar refractivity (Wildman–Crippen MR) is 106 cm³/mol. The first-order valence-electron chi connectivity index (χ1n) is 8.95. The van der Waals surface area contributed by atoms with E-state index in [2.05, 4.69) is 0 Å². The number of hydrogen-bond donors (Lipinski definition) is 2. The minimum atomic E-state index is -6.58. The van der Waals surface area contributed by atoms with Gasteiger partial charge >= 0.3 is 30.7 Å². The largest absolute Gasteiger partial charge is 0.461 e. The molecule has 1 saturated carbocycles. The summed E-state index contributed by atoms with van der Waals surface area (Å²) in [5.74, 6) is -8.09. The maximum Gasteiger partial charge on any atom is 0.426 e. The molecule has 18 heteroatoms. The van der Waals surface area contributed by atoms with E-state index < -0.39 is 82.5 Å². The van der Waals surface area contributed by atoms with Crippen molar-refractivity contribution in [2.45, 2.75) is 71.6 Å². The highest BCUT2D eigenvalue weighted by molar-refractivity contribution is 14.1. The second-order valence-corrected chi connectivity index (χ2v) is 11.1. The van der Waals surface area contributed by atoms with Crippen molar-refractivity contribution in [1.29, 1.82) is 0 Å². The van der Waals surface area contributed by atoms with Gasteiger partial charge in [0.15, 0.2) is 0 Å². The first-order chi connectivity index (χ1) is 14.8. The van der Waals surface area contributed by atoms with E-state index >= 15 is 0 Å². The molecule has 0 aromatic carbocycles. The summed E-state index contributed by atoms with van der Waals surface area (Å²) in [4.78, 5) is 12.2. The highest BCUT2D eigenvalue weighted by Crippen LogP contribution is 2.58. The highest BCUT2D eigenvalue weighted by atomic mass is 127. The van der Waals surface area contributed by atoms with Crippen LogP contribution < -0.4 is 0 Å². The first-order valence-corrected chi connectivity index (χ1v) is 11.5. The van der Waals surface area contributed by atoms with Crippen LogP contribution >= 0.6 is 45.2 Å². The average molecular weight is 754 g/mol. The standard InChI is InChI=1S/C16H16F12I2O4/c1-10(30,5-29)9(31)34-8-3-6(11(32,13(17,18)19)14(20,21)22)2-7(4-8)12(33,15(23,24)25)16(26,27)28/h6-8,32-33H,2-5H2,1H3. The van der Waals surface area contributed by atoms with Crippen LogP contribution in [-0.2, 0) is 9.53 Å². The fourth-order valence-corrected chi connectivity index (χ4v) is 4.06. The molecular weight excluding hydrogens is 738 g/mol. The van der Waals surface area contributed by atoms with Gasteiger partial charge in [-0.2, -0.15) is 52.7 Å². The van der Waals surface area contributed by atoms with E-state index in [9.17, 15) is 67.7 Å². The average Bonchev–Trinajstić information content (AvgIpc) is 2.62. The molecule has 0 aromatic heterocycles. The third-order valence-electron chi connectivity index (χ3n) is 5.52. The van der Waals surface area contributed by atoms with Crippen molar-refractivity contribution in [3.63, 3.8) is 0 Å². The van der Waals surface area contributed by atoms with Crippen LogP contribution in [0.4, 0.5) is 52.7 Å². The molecule has 4 nitrogen and oxygen atoms in total. The van der Waals surface area contributed by atoms with Crippen molar-refractivity contribution in [1.82, 2.24) is 0 Å². The monoisotopic (exact) mass is 754 g/mol. The molecule has 1 aliphatic carbocycles. The Labute approximate surface area is 211 Å². The molecule has 202 valence electrons. The fraction of sp³-hybridized carbons (Fsp3) is 0.938. The molecular formula is C16H16F12I2O4. The van der Waals surface area contributed by atoms with Gasteiger partial charge in [-0.3, -0.25) is 4.79 Å².